The Morgan fingerprint density at radius 1 is 1.25 bits per heavy atom. The molecule has 0 amide bonds. The van der Waals surface area contributed by atoms with Gasteiger partial charge in [-0.05, 0) is 46.3 Å². The summed E-state index contributed by atoms with van der Waals surface area (Å²) in [7, 11) is 0. The van der Waals surface area contributed by atoms with Crippen molar-refractivity contribution in [3.63, 3.8) is 0 Å². The van der Waals surface area contributed by atoms with Crippen LogP contribution in [0.2, 0.25) is 0 Å². The van der Waals surface area contributed by atoms with Gasteiger partial charge in [0.1, 0.15) is 11.6 Å². The van der Waals surface area contributed by atoms with Crippen LogP contribution in [0.4, 0.5) is 21.6 Å². The predicted molar refractivity (Wildman–Crippen MR) is 66.0 cm³/mol. The Labute approximate surface area is 101 Å². The molecule has 0 aliphatic heterocycles. The van der Waals surface area contributed by atoms with Crippen molar-refractivity contribution >= 4 is 33.1 Å². The molecule has 2 rings (SSSR count). The Bertz CT molecular complexity index is 499. The minimum atomic E-state index is -0.319. The molecule has 0 bridgehead atoms. The van der Waals surface area contributed by atoms with Crippen LogP contribution >= 0.6 is 15.9 Å². The molecule has 0 saturated heterocycles. The molecule has 0 atom stereocenters. The van der Waals surface area contributed by atoms with Crippen LogP contribution in [-0.4, -0.2) is 4.98 Å². The zero-order valence-corrected chi connectivity index (χ0v) is 9.83. The van der Waals surface area contributed by atoms with Gasteiger partial charge in [0.25, 0.3) is 0 Å². The first-order valence-electron chi connectivity index (χ1n) is 4.59. The zero-order chi connectivity index (χ0) is 11.5. The van der Waals surface area contributed by atoms with Crippen LogP contribution in [0.1, 0.15) is 0 Å². The van der Waals surface area contributed by atoms with Gasteiger partial charge in [-0.1, -0.05) is 0 Å². The second-order valence-electron chi connectivity index (χ2n) is 3.23. The summed E-state index contributed by atoms with van der Waals surface area (Å²) in [6.45, 7) is 0. The Morgan fingerprint density at radius 2 is 2.06 bits per heavy atom. The maximum atomic E-state index is 13.2. The Hall–Kier alpha value is -1.62. The summed E-state index contributed by atoms with van der Waals surface area (Å²) >= 11 is 3.09. The van der Waals surface area contributed by atoms with Gasteiger partial charge in [-0.25, -0.2) is 9.37 Å². The summed E-state index contributed by atoms with van der Waals surface area (Å²) in [6.07, 6.45) is 1.54. The Morgan fingerprint density at radius 3 is 2.69 bits per heavy atom. The van der Waals surface area contributed by atoms with Crippen molar-refractivity contribution in [2.24, 2.45) is 0 Å². The summed E-state index contributed by atoms with van der Waals surface area (Å²) in [4.78, 5) is 4.06. The molecule has 5 heteroatoms. The molecule has 1 heterocycles. The van der Waals surface area contributed by atoms with E-state index >= 15 is 0 Å². The summed E-state index contributed by atoms with van der Waals surface area (Å²) in [5.74, 6) is 0.302. The summed E-state index contributed by atoms with van der Waals surface area (Å²) in [5.41, 5.74) is 6.73. The second kappa shape index (κ2) is 4.49. The number of nitrogens with two attached hydrogens (primary N) is 1. The lowest BCUT2D eigenvalue weighted by Gasteiger charge is -2.06. The number of anilines is 3. The zero-order valence-electron chi connectivity index (χ0n) is 8.24. The van der Waals surface area contributed by atoms with Gasteiger partial charge < -0.3 is 11.1 Å². The third kappa shape index (κ3) is 2.49. The fourth-order valence-corrected chi connectivity index (χ4v) is 1.45. The highest BCUT2D eigenvalue weighted by molar-refractivity contribution is 9.10. The molecule has 0 fully saturated rings. The molecule has 0 spiro atoms. The summed E-state index contributed by atoms with van der Waals surface area (Å²) in [5, 5.41) is 2.97. The number of benzene rings is 1. The van der Waals surface area contributed by atoms with Gasteiger partial charge in [0.05, 0.1) is 16.4 Å². The highest BCUT2D eigenvalue weighted by atomic mass is 79.9. The first kappa shape index (κ1) is 10.9. The summed E-state index contributed by atoms with van der Waals surface area (Å²) in [6, 6.07) is 8.24. The van der Waals surface area contributed by atoms with E-state index in [-0.39, 0.29) is 5.82 Å². The average Bonchev–Trinajstić information content (AvgIpc) is 2.27. The molecular formula is C11H9BrFN3. The highest BCUT2D eigenvalue weighted by Crippen LogP contribution is 2.21. The van der Waals surface area contributed by atoms with E-state index in [1.165, 1.54) is 12.3 Å². The maximum absolute atomic E-state index is 13.2. The third-order valence-corrected chi connectivity index (χ3v) is 2.62. The van der Waals surface area contributed by atoms with Crippen LogP contribution in [0.3, 0.4) is 0 Å². The van der Waals surface area contributed by atoms with Crippen molar-refractivity contribution in [2.45, 2.75) is 0 Å². The van der Waals surface area contributed by atoms with E-state index in [0.29, 0.717) is 21.7 Å². The van der Waals surface area contributed by atoms with Crippen LogP contribution in [0.5, 0.6) is 0 Å². The number of rotatable bonds is 2. The number of halogens is 2. The van der Waals surface area contributed by atoms with Crippen molar-refractivity contribution < 1.29 is 4.39 Å². The van der Waals surface area contributed by atoms with E-state index in [1.54, 1.807) is 24.3 Å². The second-order valence-corrected chi connectivity index (χ2v) is 4.08. The van der Waals surface area contributed by atoms with Gasteiger partial charge >= 0.3 is 0 Å². The van der Waals surface area contributed by atoms with E-state index in [1.807, 2.05) is 0 Å². The number of aromatic nitrogens is 1. The smallest absolute Gasteiger partial charge is 0.139 e. The largest absolute Gasteiger partial charge is 0.397 e. The quantitative estimate of drug-likeness (QED) is 0.888. The standard InChI is InChI=1S/C11H9BrFN3/c12-9-3-2-8(5-10(9)13)16-11-4-1-7(14)6-15-11/h1-6H,14H2,(H,15,16). The number of pyridine rings is 1. The maximum Gasteiger partial charge on any atom is 0.139 e. The van der Waals surface area contributed by atoms with Crippen LogP contribution in [-0.2, 0) is 0 Å². The lowest BCUT2D eigenvalue weighted by Crippen LogP contribution is -1.95. The van der Waals surface area contributed by atoms with Crippen LogP contribution in [0.25, 0.3) is 0 Å². The molecule has 2 aromatic rings. The molecule has 1 aromatic heterocycles. The number of nitrogens with one attached hydrogen (secondary N) is 1. The van der Waals surface area contributed by atoms with Gasteiger partial charge in [0, 0.05) is 5.69 Å². The van der Waals surface area contributed by atoms with Gasteiger partial charge in [0.15, 0.2) is 0 Å². The average molecular weight is 282 g/mol. The fourth-order valence-electron chi connectivity index (χ4n) is 1.20. The van der Waals surface area contributed by atoms with Crippen LogP contribution in [0.15, 0.2) is 41.0 Å². The van der Waals surface area contributed by atoms with Gasteiger partial charge in [-0.3, -0.25) is 0 Å². The SMILES string of the molecule is Nc1ccc(Nc2ccc(Br)c(F)c2)nc1. The first-order chi connectivity index (χ1) is 7.65. The number of nitrogens with zero attached hydrogens (tertiary/aromatic N) is 1. The summed E-state index contributed by atoms with van der Waals surface area (Å²) < 4.78 is 13.7. The Kier molecular flexibility index (Phi) is 3.05. The van der Waals surface area contributed by atoms with Crippen molar-refractivity contribution in [2.75, 3.05) is 11.1 Å². The molecule has 3 nitrogen and oxygen atoms in total. The van der Waals surface area contributed by atoms with Crippen LogP contribution < -0.4 is 11.1 Å². The monoisotopic (exact) mass is 281 g/mol. The van der Waals surface area contributed by atoms with Gasteiger partial charge in [-0.2, -0.15) is 0 Å². The molecular weight excluding hydrogens is 273 g/mol. The molecule has 0 unspecified atom stereocenters. The van der Waals surface area contributed by atoms with Crippen molar-refractivity contribution in [1.29, 1.82) is 0 Å². The lowest BCUT2D eigenvalue weighted by atomic mass is 10.3. The highest BCUT2D eigenvalue weighted by Gasteiger charge is 2.01. The van der Waals surface area contributed by atoms with Crippen molar-refractivity contribution in [3.8, 4) is 0 Å². The number of hydrogen-bond donors (Lipinski definition) is 2. The van der Waals surface area contributed by atoms with Gasteiger partial charge in [-0.15, -0.1) is 0 Å². The molecule has 1 aromatic carbocycles. The van der Waals surface area contributed by atoms with E-state index in [4.69, 9.17) is 5.73 Å². The minimum Gasteiger partial charge on any atom is -0.397 e. The normalized spacial score (nSPS) is 10.1. The molecule has 3 N–H and O–H groups in total. The molecule has 82 valence electrons. The number of nitrogen functional groups attached to an aromatic ring is 1. The molecule has 0 saturated carbocycles. The molecule has 0 aliphatic carbocycles. The van der Waals surface area contributed by atoms with Crippen molar-refractivity contribution in [1.82, 2.24) is 4.98 Å². The Balaban J connectivity index is 2.20. The first-order valence-corrected chi connectivity index (χ1v) is 5.38. The molecule has 16 heavy (non-hydrogen) atoms. The topological polar surface area (TPSA) is 50.9 Å². The van der Waals surface area contributed by atoms with Crippen LogP contribution in [0, 0.1) is 5.82 Å². The van der Waals surface area contributed by atoms with E-state index in [2.05, 4.69) is 26.2 Å². The van der Waals surface area contributed by atoms with E-state index in [0.717, 1.165) is 0 Å². The lowest BCUT2D eigenvalue weighted by molar-refractivity contribution is 0.622. The fraction of sp³-hybridized carbons (Fsp3) is 0. The minimum absolute atomic E-state index is 0.319. The predicted octanol–water partition coefficient (Wildman–Crippen LogP) is 3.31. The van der Waals surface area contributed by atoms with Gasteiger partial charge in [0.2, 0.25) is 0 Å². The van der Waals surface area contributed by atoms with E-state index in [9.17, 15) is 4.39 Å². The van der Waals surface area contributed by atoms with Crippen molar-refractivity contribution in [3.05, 3.63) is 46.8 Å². The number of hydrogen-bond acceptors (Lipinski definition) is 3. The molecule has 0 aliphatic rings. The van der Waals surface area contributed by atoms with E-state index < -0.39 is 0 Å². The third-order valence-electron chi connectivity index (χ3n) is 1.98. The molecule has 0 radical (unpaired) electrons.